The summed E-state index contributed by atoms with van der Waals surface area (Å²) in [6.45, 7) is 19.5. The largest absolute Gasteiger partial charge is 0.0870 e. The SMILES string of the molecule is C/C=C\c1ccccc1C1=C(CC)C(C)(CC)C2CC=C(c3cccc(C)c3)C=C12.CC.CC. The molecule has 0 fully saturated rings. The van der Waals surface area contributed by atoms with Gasteiger partial charge in [-0.2, -0.15) is 0 Å². The first-order valence-electron chi connectivity index (χ1n) is 13.5. The van der Waals surface area contributed by atoms with E-state index in [-0.39, 0.29) is 5.41 Å². The minimum atomic E-state index is 0.230. The average molecular weight is 455 g/mol. The van der Waals surface area contributed by atoms with Crippen molar-refractivity contribution in [1.82, 2.24) is 0 Å². The molecule has 0 heterocycles. The van der Waals surface area contributed by atoms with Crippen molar-refractivity contribution >= 4 is 17.2 Å². The quantitative estimate of drug-likeness (QED) is 0.421. The van der Waals surface area contributed by atoms with Gasteiger partial charge in [0.15, 0.2) is 0 Å². The molecule has 0 bridgehead atoms. The van der Waals surface area contributed by atoms with E-state index in [9.17, 15) is 0 Å². The fraction of sp³-hybridized carbons (Fsp3) is 0.412. The Balaban J connectivity index is 0.000000970. The number of hydrogen-bond acceptors (Lipinski definition) is 0. The summed E-state index contributed by atoms with van der Waals surface area (Å²) >= 11 is 0. The van der Waals surface area contributed by atoms with Crippen LogP contribution in [-0.4, -0.2) is 0 Å². The van der Waals surface area contributed by atoms with Gasteiger partial charge in [-0.25, -0.2) is 0 Å². The molecule has 2 aliphatic carbocycles. The third-order valence-electron chi connectivity index (χ3n) is 7.32. The van der Waals surface area contributed by atoms with Gasteiger partial charge >= 0.3 is 0 Å². The molecule has 0 spiro atoms. The van der Waals surface area contributed by atoms with Gasteiger partial charge in [-0.3, -0.25) is 0 Å². The molecule has 0 heteroatoms. The van der Waals surface area contributed by atoms with Gasteiger partial charge in [-0.1, -0.05) is 132 Å². The molecule has 0 saturated heterocycles. The molecule has 2 atom stereocenters. The molecule has 0 nitrogen and oxygen atoms in total. The monoisotopic (exact) mass is 454 g/mol. The molecule has 4 rings (SSSR count). The third kappa shape index (κ3) is 5.22. The van der Waals surface area contributed by atoms with Crippen molar-refractivity contribution in [3.05, 3.63) is 100 Å². The maximum Gasteiger partial charge on any atom is -0.00292 e. The molecular weight excluding hydrogens is 408 g/mol. The van der Waals surface area contributed by atoms with Crippen LogP contribution in [0.1, 0.15) is 96.9 Å². The van der Waals surface area contributed by atoms with Crippen LogP contribution in [0.4, 0.5) is 0 Å². The molecule has 34 heavy (non-hydrogen) atoms. The minimum Gasteiger partial charge on any atom is -0.0870 e. The van der Waals surface area contributed by atoms with Crippen molar-refractivity contribution in [2.24, 2.45) is 11.3 Å². The smallest absolute Gasteiger partial charge is 0.00292 e. The van der Waals surface area contributed by atoms with Crippen LogP contribution in [-0.2, 0) is 0 Å². The van der Waals surface area contributed by atoms with Gasteiger partial charge in [0, 0.05) is 0 Å². The maximum atomic E-state index is 2.50. The zero-order chi connectivity index (χ0) is 25.3. The Morgan fingerprint density at radius 1 is 0.971 bits per heavy atom. The Kier molecular flexibility index (Phi) is 10.4. The standard InChI is InChI=1S/C30H34.2C2H6/c1-6-12-22-14-9-10-16-25(22)29-26-20-24(23-15-11-13-21(4)19-23)17-18-28(26)30(5,8-3)27(29)7-2;2*1-2/h6,9-17,19-20,28H,7-8,18H2,1-5H3;2*1-2H3/b12-6-;;. The molecule has 0 aromatic heterocycles. The van der Waals surface area contributed by atoms with Gasteiger partial charge in [-0.05, 0) is 77.9 Å². The van der Waals surface area contributed by atoms with E-state index in [1.807, 2.05) is 27.7 Å². The highest BCUT2D eigenvalue weighted by Crippen LogP contribution is 2.60. The first kappa shape index (κ1) is 27.6. The molecular formula is C34H46. The Morgan fingerprint density at radius 3 is 2.29 bits per heavy atom. The highest BCUT2D eigenvalue weighted by atomic mass is 14.5. The molecule has 182 valence electrons. The lowest BCUT2D eigenvalue weighted by molar-refractivity contribution is 0.278. The third-order valence-corrected chi connectivity index (χ3v) is 7.32. The first-order chi connectivity index (χ1) is 16.5. The number of benzene rings is 2. The predicted octanol–water partition coefficient (Wildman–Crippen LogP) is 10.7. The molecule has 0 amide bonds. The first-order valence-corrected chi connectivity index (χ1v) is 13.5. The Morgan fingerprint density at radius 2 is 1.68 bits per heavy atom. The Bertz CT molecular complexity index is 1070. The number of aryl methyl sites for hydroxylation is 1. The van der Waals surface area contributed by atoms with Crippen LogP contribution in [0.5, 0.6) is 0 Å². The zero-order valence-electron chi connectivity index (χ0n) is 23.1. The lowest BCUT2D eigenvalue weighted by Crippen LogP contribution is -2.25. The summed E-state index contributed by atoms with van der Waals surface area (Å²) in [6.07, 6.45) is 12.8. The van der Waals surface area contributed by atoms with E-state index >= 15 is 0 Å². The van der Waals surface area contributed by atoms with E-state index < -0.39 is 0 Å². The Labute approximate surface area is 210 Å². The van der Waals surface area contributed by atoms with E-state index in [4.69, 9.17) is 0 Å². The maximum absolute atomic E-state index is 2.50. The van der Waals surface area contributed by atoms with Crippen LogP contribution in [0.25, 0.3) is 17.2 Å². The number of allylic oxidation sites excluding steroid dienone is 7. The van der Waals surface area contributed by atoms with Gasteiger partial charge < -0.3 is 0 Å². The van der Waals surface area contributed by atoms with Crippen LogP contribution in [0.15, 0.2) is 77.9 Å². The summed E-state index contributed by atoms with van der Waals surface area (Å²) in [6, 6.07) is 17.9. The van der Waals surface area contributed by atoms with Crippen LogP contribution >= 0.6 is 0 Å². The number of hydrogen-bond donors (Lipinski definition) is 0. The van der Waals surface area contributed by atoms with Crippen LogP contribution in [0, 0.1) is 18.3 Å². The second-order valence-corrected chi connectivity index (χ2v) is 8.98. The molecule has 0 aliphatic heterocycles. The van der Waals surface area contributed by atoms with Gasteiger partial charge in [-0.15, -0.1) is 0 Å². The summed E-state index contributed by atoms with van der Waals surface area (Å²) in [7, 11) is 0. The van der Waals surface area contributed by atoms with Crippen LogP contribution in [0.3, 0.4) is 0 Å². The van der Waals surface area contributed by atoms with Crippen molar-refractivity contribution in [2.45, 2.75) is 81.6 Å². The number of rotatable bonds is 5. The van der Waals surface area contributed by atoms with E-state index in [1.54, 1.807) is 11.1 Å². The lowest BCUT2D eigenvalue weighted by atomic mass is 9.69. The molecule has 0 N–H and O–H groups in total. The summed E-state index contributed by atoms with van der Waals surface area (Å²) in [5.74, 6) is 0.569. The minimum absolute atomic E-state index is 0.230. The molecule has 0 radical (unpaired) electrons. The highest BCUT2D eigenvalue weighted by molar-refractivity contribution is 5.93. The summed E-state index contributed by atoms with van der Waals surface area (Å²) < 4.78 is 0. The molecule has 2 aliphatic rings. The van der Waals surface area contributed by atoms with Gasteiger partial charge in [0.2, 0.25) is 0 Å². The average Bonchev–Trinajstić information content (AvgIpc) is 3.14. The second kappa shape index (κ2) is 12.7. The second-order valence-electron chi connectivity index (χ2n) is 8.98. The summed E-state index contributed by atoms with van der Waals surface area (Å²) in [5.41, 5.74) is 11.7. The predicted molar refractivity (Wildman–Crippen MR) is 155 cm³/mol. The molecule has 2 unspecified atom stereocenters. The van der Waals surface area contributed by atoms with E-state index in [1.165, 1.54) is 39.8 Å². The fourth-order valence-electron chi connectivity index (χ4n) is 5.65. The summed E-state index contributed by atoms with van der Waals surface area (Å²) in [5, 5.41) is 0. The Hall–Kier alpha value is -2.60. The van der Waals surface area contributed by atoms with Crippen molar-refractivity contribution in [1.29, 1.82) is 0 Å². The van der Waals surface area contributed by atoms with E-state index in [0.29, 0.717) is 5.92 Å². The number of fused-ring (bicyclic) bond motifs is 1. The lowest BCUT2D eigenvalue weighted by Gasteiger charge is -2.35. The van der Waals surface area contributed by atoms with Crippen LogP contribution < -0.4 is 0 Å². The zero-order valence-corrected chi connectivity index (χ0v) is 23.1. The normalized spacial score (nSPS) is 21.1. The van der Waals surface area contributed by atoms with Gasteiger partial charge in [0.25, 0.3) is 0 Å². The molecule has 0 saturated carbocycles. The van der Waals surface area contributed by atoms with Crippen molar-refractivity contribution in [2.75, 3.05) is 0 Å². The fourth-order valence-corrected chi connectivity index (χ4v) is 5.65. The summed E-state index contributed by atoms with van der Waals surface area (Å²) in [4.78, 5) is 0. The molecule has 2 aromatic rings. The highest BCUT2D eigenvalue weighted by Gasteiger charge is 2.46. The van der Waals surface area contributed by atoms with Crippen molar-refractivity contribution in [3.63, 3.8) is 0 Å². The topological polar surface area (TPSA) is 0 Å². The van der Waals surface area contributed by atoms with Gasteiger partial charge in [0.1, 0.15) is 0 Å². The van der Waals surface area contributed by atoms with E-state index in [0.717, 1.165) is 12.8 Å². The van der Waals surface area contributed by atoms with Crippen LogP contribution in [0.2, 0.25) is 0 Å². The van der Waals surface area contributed by atoms with Crippen molar-refractivity contribution < 1.29 is 0 Å². The molecule has 2 aromatic carbocycles. The van der Waals surface area contributed by atoms with Gasteiger partial charge in [0.05, 0.1) is 0 Å². The van der Waals surface area contributed by atoms with Crippen molar-refractivity contribution in [3.8, 4) is 0 Å². The van der Waals surface area contributed by atoms with E-state index in [2.05, 4.69) is 107 Å².